The number of aryl methyl sites for hydroxylation is 1. The largest absolute Gasteiger partial charge is 0.306 e. The van der Waals surface area contributed by atoms with Gasteiger partial charge in [0.2, 0.25) is 0 Å². The maximum absolute atomic E-state index is 13.0. The minimum absolute atomic E-state index is 0.220. The molecule has 0 bridgehead atoms. The summed E-state index contributed by atoms with van der Waals surface area (Å²) >= 11 is 3.38. The highest BCUT2D eigenvalue weighted by molar-refractivity contribution is 9.10. The Morgan fingerprint density at radius 3 is 2.47 bits per heavy atom. The van der Waals surface area contributed by atoms with E-state index in [1.807, 2.05) is 0 Å². The van der Waals surface area contributed by atoms with Gasteiger partial charge in [0.1, 0.15) is 5.82 Å². The van der Waals surface area contributed by atoms with Gasteiger partial charge in [-0.3, -0.25) is 0 Å². The zero-order chi connectivity index (χ0) is 13.8. The Morgan fingerprint density at radius 1 is 1.16 bits per heavy atom. The smallest absolute Gasteiger partial charge is 0.124 e. The van der Waals surface area contributed by atoms with Gasteiger partial charge in [0.05, 0.1) is 0 Å². The van der Waals surface area contributed by atoms with Gasteiger partial charge in [-0.25, -0.2) is 4.39 Å². The summed E-state index contributed by atoms with van der Waals surface area (Å²) in [5, 5.41) is 3.44. The Balaban J connectivity index is 2.00. The van der Waals surface area contributed by atoms with Crippen molar-refractivity contribution >= 4 is 15.9 Å². The Labute approximate surface area is 122 Å². The van der Waals surface area contributed by atoms with E-state index in [2.05, 4.69) is 59.4 Å². The number of hydrogen-bond acceptors (Lipinski definition) is 1. The van der Waals surface area contributed by atoms with Gasteiger partial charge in [-0.05, 0) is 37.1 Å². The lowest BCUT2D eigenvalue weighted by Gasteiger charge is -2.15. The van der Waals surface area contributed by atoms with Crippen molar-refractivity contribution in [1.82, 2.24) is 5.32 Å². The molecule has 0 fully saturated rings. The number of nitrogens with one attached hydrogen (secondary N) is 1. The minimum atomic E-state index is -0.220. The fraction of sp³-hybridized carbons (Fsp3) is 0.250. The summed E-state index contributed by atoms with van der Waals surface area (Å²) < 4.78 is 13.8. The van der Waals surface area contributed by atoms with Crippen molar-refractivity contribution in [3.8, 4) is 0 Å². The third-order valence-corrected chi connectivity index (χ3v) is 3.93. The first kappa shape index (κ1) is 14.2. The Bertz CT molecular complexity index is 551. The van der Waals surface area contributed by atoms with Gasteiger partial charge >= 0.3 is 0 Å². The van der Waals surface area contributed by atoms with Crippen molar-refractivity contribution in [1.29, 1.82) is 0 Å². The van der Waals surface area contributed by atoms with Crippen molar-refractivity contribution in [3.05, 3.63) is 69.4 Å². The Hall–Kier alpha value is -1.19. The van der Waals surface area contributed by atoms with Crippen LogP contribution in [0, 0.1) is 12.7 Å². The molecule has 1 nitrogen and oxygen atoms in total. The number of rotatable bonds is 4. The molecule has 0 amide bonds. The molecule has 0 spiro atoms. The predicted octanol–water partition coefficient (Wildman–Crippen LogP) is 4.75. The average molecular weight is 322 g/mol. The molecule has 0 aliphatic carbocycles. The molecule has 0 heterocycles. The molecular weight excluding hydrogens is 305 g/mol. The first-order valence-corrected chi connectivity index (χ1v) is 7.09. The lowest BCUT2D eigenvalue weighted by Crippen LogP contribution is -2.18. The van der Waals surface area contributed by atoms with E-state index in [0.29, 0.717) is 6.54 Å². The van der Waals surface area contributed by atoms with E-state index in [1.54, 1.807) is 6.07 Å². The van der Waals surface area contributed by atoms with Crippen LogP contribution in [0.15, 0.2) is 46.9 Å². The molecule has 0 unspecified atom stereocenters. The van der Waals surface area contributed by atoms with E-state index >= 15 is 0 Å². The molecule has 100 valence electrons. The minimum Gasteiger partial charge on any atom is -0.306 e. The molecule has 2 rings (SSSR count). The van der Waals surface area contributed by atoms with Gasteiger partial charge in [-0.1, -0.05) is 51.8 Å². The molecule has 0 radical (unpaired) electrons. The summed E-state index contributed by atoms with van der Waals surface area (Å²) in [6, 6.07) is 13.5. The van der Waals surface area contributed by atoms with Crippen LogP contribution >= 0.6 is 15.9 Å². The molecule has 0 aliphatic rings. The Morgan fingerprint density at radius 2 is 1.84 bits per heavy atom. The van der Waals surface area contributed by atoms with E-state index in [-0.39, 0.29) is 11.9 Å². The second kappa shape index (κ2) is 6.31. The van der Waals surface area contributed by atoms with Gasteiger partial charge in [-0.2, -0.15) is 0 Å². The van der Waals surface area contributed by atoms with Crippen LogP contribution in [0.25, 0.3) is 0 Å². The molecule has 19 heavy (non-hydrogen) atoms. The first-order chi connectivity index (χ1) is 9.06. The molecule has 0 saturated heterocycles. The zero-order valence-corrected chi connectivity index (χ0v) is 12.7. The fourth-order valence-corrected chi connectivity index (χ4v) is 2.39. The van der Waals surface area contributed by atoms with Crippen LogP contribution in [-0.4, -0.2) is 0 Å². The maximum Gasteiger partial charge on any atom is 0.124 e. The van der Waals surface area contributed by atoms with E-state index < -0.39 is 0 Å². The molecule has 0 aromatic heterocycles. The Kier molecular flexibility index (Phi) is 4.72. The van der Waals surface area contributed by atoms with Gasteiger partial charge in [0, 0.05) is 17.1 Å². The van der Waals surface area contributed by atoms with Crippen LogP contribution in [-0.2, 0) is 6.54 Å². The summed E-state index contributed by atoms with van der Waals surface area (Å²) in [6.07, 6.45) is 0. The summed E-state index contributed by atoms with van der Waals surface area (Å²) in [6.45, 7) is 4.91. The van der Waals surface area contributed by atoms with Crippen LogP contribution in [0.2, 0.25) is 0 Å². The second-order valence-corrected chi connectivity index (χ2v) is 5.60. The lowest BCUT2D eigenvalue weighted by atomic mass is 10.1. The lowest BCUT2D eigenvalue weighted by molar-refractivity contribution is 0.571. The van der Waals surface area contributed by atoms with Gasteiger partial charge in [0.25, 0.3) is 0 Å². The van der Waals surface area contributed by atoms with Crippen LogP contribution < -0.4 is 5.32 Å². The number of benzene rings is 2. The molecule has 1 N–H and O–H groups in total. The average Bonchev–Trinajstić information content (AvgIpc) is 2.38. The molecule has 2 aromatic rings. The molecular formula is C16H17BrFN. The van der Waals surface area contributed by atoms with Crippen LogP contribution in [0.3, 0.4) is 0 Å². The third-order valence-electron chi connectivity index (χ3n) is 3.19. The normalized spacial score (nSPS) is 12.4. The number of hydrogen-bond donors (Lipinski definition) is 1. The van der Waals surface area contributed by atoms with E-state index in [1.165, 1.54) is 23.3 Å². The zero-order valence-electron chi connectivity index (χ0n) is 11.1. The maximum atomic E-state index is 13.0. The van der Waals surface area contributed by atoms with E-state index in [9.17, 15) is 4.39 Å². The SMILES string of the molecule is Cc1ccc([C@@H](C)NCc2ccc(F)cc2Br)cc1. The first-order valence-electron chi connectivity index (χ1n) is 6.30. The standard InChI is InChI=1S/C16H17BrFN/c1-11-3-5-13(6-4-11)12(2)19-10-14-7-8-15(18)9-16(14)17/h3-9,12,19H,10H2,1-2H3/t12-/m1/s1. The van der Waals surface area contributed by atoms with Crippen molar-refractivity contribution in [3.63, 3.8) is 0 Å². The summed E-state index contributed by atoms with van der Waals surface area (Å²) in [5.74, 6) is -0.220. The van der Waals surface area contributed by atoms with Gasteiger partial charge in [0.15, 0.2) is 0 Å². The van der Waals surface area contributed by atoms with Crippen LogP contribution in [0.5, 0.6) is 0 Å². The highest BCUT2D eigenvalue weighted by atomic mass is 79.9. The van der Waals surface area contributed by atoms with E-state index in [4.69, 9.17) is 0 Å². The summed E-state index contributed by atoms with van der Waals surface area (Å²) in [5.41, 5.74) is 3.57. The molecule has 0 aliphatic heterocycles. The predicted molar refractivity (Wildman–Crippen MR) is 80.5 cm³/mol. The monoisotopic (exact) mass is 321 g/mol. The van der Waals surface area contributed by atoms with Crippen LogP contribution in [0.1, 0.15) is 29.7 Å². The third kappa shape index (κ3) is 3.88. The number of halogens is 2. The molecule has 3 heteroatoms. The quantitative estimate of drug-likeness (QED) is 0.857. The highest BCUT2D eigenvalue weighted by Crippen LogP contribution is 2.19. The van der Waals surface area contributed by atoms with Crippen molar-refractivity contribution in [2.45, 2.75) is 26.4 Å². The van der Waals surface area contributed by atoms with Crippen molar-refractivity contribution < 1.29 is 4.39 Å². The summed E-state index contributed by atoms with van der Waals surface area (Å²) in [7, 11) is 0. The van der Waals surface area contributed by atoms with E-state index in [0.717, 1.165) is 10.0 Å². The van der Waals surface area contributed by atoms with Crippen LogP contribution in [0.4, 0.5) is 4.39 Å². The molecule has 1 atom stereocenters. The molecule has 0 saturated carbocycles. The van der Waals surface area contributed by atoms with Crippen molar-refractivity contribution in [2.75, 3.05) is 0 Å². The summed E-state index contributed by atoms with van der Waals surface area (Å²) in [4.78, 5) is 0. The van der Waals surface area contributed by atoms with Crippen molar-refractivity contribution in [2.24, 2.45) is 0 Å². The topological polar surface area (TPSA) is 12.0 Å². The van der Waals surface area contributed by atoms with Gasteiger partial charge < -0.3 is 5.32 Å². The fourth-order valence-electron chi connectivity index (χ4n) is 1.90. The highest BCUT2D eigenvalue weighted by Gasteiger charge is 2.06. The van der Waals surface area contributed by atoms with Gasteiger partial charge in [-0.15, -0.1) is 0 Å². The second-order valence-electron chi connectivity index (χ2n) is 4.75. The molecule has 2 aromatic carbocycles.